The molecule has 0 saturated heterocycles. The molecule has 0 aromatic heterocycles. The molecule has 3 aromatic carbocycles. The molecule has 0 heterocycles. The van der Waals surface area contributed by atoms with E-state index in [4.69, 9.17) is 27.9 Å². The number of hydrogen-bond donors (Lipinski definition) is 1. The third-order valence-electron chi connectivity index (χ3n) is 4.26. The molecule has 150 valence electrons. The third-order valence-corrected chi connectivity index (χ3v) is 4.85. The number of rotatable bonds is 7. The van der Waals surface area contributed by atoms with Crippen molar-refractivity contribution in [1.82, 2.24) is 5.32 Å². The quantitative estimate of drug-likeness (QED) is 0.376. The molecular weight excluding hydrogens is 419 g/mol. The van der Waals surface area contributed by atoms with Crippen molar-refractivity contribution in [3.8, 4) is 11.8 Å². The molecule has 0 bridgehead atoms. The largest absolute Gasteiger partial charge is 0.489 e. The van der Waals surface area contributed by atoms with E-state index in [0.717, 1.165) is 16.7 Å². The molecule has 0 fully saturated rings. The number of ether oxygens (including phenoxy) is 1. The number of carbonyl (C=O) groups excluding carboxylic acids is 1. The minimum atomic E-state index is -0.418. The Kier molecular flexibility index (Phi) is 7.51. The number of nitrogens with zero attached hydrogens (tertiary/aromatic N) is 1. The molecule has 1 N–H and O–H groups in total. The Morgan fingerprint density at radius 2 is 1.77 bits per heavy atom. The number of amides is 1. The average molecular weight is 437 g/mol. The Bertz CT molecular complexity index is 1090. The Balaban J connectivity index is 1.60. The van der Waals surface area contributed by atoms with Crippen molar-refractivity contribution >= 4 is 35.2 Å². The standard InChI is InChI=1S/C24H18Cl2N2O2/c25-21-9-8-19(23(26)13-21)16-30-22-10-6-17(7-11-22)12-20(14-27)24(29)28-15-18-4-2-1-3-5-18/h1-13H,15-16H2,(H,28,29)/b20-12+. The maximum Gasteiger partial charge on any atom is 0.262 e. The zero-order chi connectivity index (χ0) is 21.3. The van der Waals surface area contributed by atoms with E-state index in [9.17, 15) is 10.1 Å². The molecule has 0 aliphatic rings. The van der Waals surface area contributed by atoms with Crippen LogP contribution in [-0.4, -0.2) is 5.91 Å². The summed E-state index contributed by atoms with van der Waals surface area (Å²) < 4.78 is 5.74. The molecule has 4 nitrogen and oxygen atoms in total. The summed E-state index contributed by atoms with van der Waals surface area (Å²) in [7, 11) is 0. The van der Waals surface area contributed by atoms with Crippen molar-refractivity contribution in [2.45, 2.75) is 13.2 Å². The van der Waals surface area contributed by atoms with Gasteiger partial charge in [0, 0.05) is 22.2 Å². The summed E-state index contributed by atoms with van der Waals surface area (Å²) >= 11 is 12.0. The van der Waals surface area contributed by atoms with Gasteiger partial charge >= 0.3 is 0 Å². The van der Waals surface area contributed by atoms with Crippen LogP contribution in [0.3, 0.4) is 0 Å². The molecule has 0 unspecified atom stereocenters. The van der Waals surface area contributed by atoms with Crippen LogP contribution in [0.5, 0.6) is 5.75 Å². The van der Waals surface area contributed by atoms with Gasteiger partial charge in [0.1, 0.15) is 24.0 Å². The van der Waals surface area contributed by atoms with Gasteiger partial charge in [0.15, 0.2) is 0 Å². The molecule has 0 radical (unpaired) electrons. The van der Waals surface area contributed by atoms with Gasteiger partial charge in [0.05, 0.1) is 0 Å². The summed E-state index contributed by atoms with van der Waals surface area (Å²) in [5.41, 5.74) is 2.54. The van der Waals surface area contributed by atoms with Gasteiger partial charge in [-0.3, -0.25) is 4.79 Å². The minimum absolute atomic E-state index is 0.0348. The number of nitriles is 1. The van der Waals surface area contributed by atoms with Crippen LogP contribution >= 0.6 is 23.2 Å². The highest BCUT2D eigenvalue weighted by Crippen LogP contribution is 2.23. The van der Waals surface area contributed by atoms with Crippen LogP contribution in [0.25, 0.3) is 6.08 Å². The maximum absolute atomic E-state index is 12.3. The monoisotopic (exact) mass is 436 g/mol. The van der Waals surface area contributed by atoms with E-state index in [1.807, 2.05) is 42.5 Å². The first-order valence-electron chi connectivity index (χ1n) is 9.16. The van der Waals surface area contributed by atoms with E-state index in [1.54, 1.807) is 42.5 Å². The second-order valence-corrected chi connectivity index (χ2v) is 7.28. The molecule has 0 saturated carbocycles. The summed E-state index contributed by atoms with van der Waals surface area (Å²) in [6, 6.07) is 23.8. The Morgan fingerprint density at radius 3 is 2.43 bits per heavy atom. The Labute approximate surface area is 185 Å². The van der Waals surface area contributed by atoms with Gasteiger partial charge in [-0.05, 0) is 41.5 Å². The fourth-order valence-electron chi connectivity index (χ4n) is 2.65. The fraction of sp³-hybridized carbons (Fsp3) is 0.0833. The van der Waals surface area contributed by atoms with Crippen molar-refractivity contribution in [3.63, 3.8) is 0 Å². The van der Waals surface area contributed by atoms with E-state index < -0.39 is 5.91 Å². The normalized spacial score (nSPS) is 10.9. The van der Waals surface area contributed by atoms with Gasteiger partial charge in [0.2, 0.25) is 0 Å². The van der Waals surface area contributed by atoms with Gasteiger partial charge in [-0.1, -0.05) is 71.7 Å². The van der Waals surface area contributed by atoms with Crippen molar-refractivity contribution < 1.29 is 9.53 Å². The fourth-order valence-corrected chi connectivity index (χ4v) is 3.11. The van der Waals surface area contributed by atoms with E-state index >= 15 is 0 Å². The topological polar surface area (TPSA) is 62.1 Å². The van der Waals surface area contributed by atoms with E-state index in [2.05, 4.69) is 5.32 Å². The number of halogens is 2. The number of carbonyl (C=O) groups is 1. The van der Waals surface area contributed by atoms with Crippen LogP contribution < -0.4 is 10.1 Å². The number of hydrogen-bond acceptors (Lipinski definition) is 3. The summed E-state index contributed by atoms with van der Waals surface area (Å²) in [5.74, 6) is 0.226. The SMILES string of the molecule is N#C/C(=C\c1ccc(OCc2ccc(Cl)cc2Cl)cc1)C(=O)NCc1ccccc1. The van der Waals surface area contributed by atoms with Crippen molar-refractivity contribution in [2.75, 3.05) is 0 Å². The second kappa shape index (κ2) is 10.5. The lowest BCUT2D eigenvalue weighted by Gasteiger charge is -2.08. The Hall–Kier alpha value is -3.26. The highest BCUT2D eigenvalue weighted by Gasteiger charge is 2.09. The van der Waals surface area contributed by atoms with Gasteiger partial charge in [-0.25, -0.2) is 0 Å². The van der Waals surface area contributed by atoms with Crippen LogP contribution in [0.15, 0.2) is 78.4 Å². The average Bonchev–Trinajstić information content (AvgIpc) is 2.77. The molecule has 3 aromatic rings. The molecular formula is C24H18Cl2N2O2. The summed E-state index contributed by atoms with van der Waals surface area (Å²) in [5, 5.41) is 13.2. The third kappa shape index (κ3) is 6.12. The molecule has 3 rings (SSSR count). The number of benzene rings is 3. The molecule has 1 amide bonds. The van der Waals surface area contributed by atoms with Crippen LogP contribution in [0.4, 0.5) is 0 Å². The van der Waals surface area contributed by atoms with Crippen LogP contribution in [0, 0.1) is 11.3 Å². The lowest BCUT2D eigenvalue weighted by atomic mass is 10.1. The minimum Gasteiger partial charge on any atom is -0.489 e. The molecule has 0 aliphatic carbocycles. The smallest absolute Gasteiger partial charge is 0.262 e. The first-order valence-corrected chi connectivity index (χ1v) is 9.91. The zero-order valence-electron chi connectivity index (χ0n) is 15.9. The molecule has 6 heteroatoms. The van der Waals surface area contributed by atoms with Crippen molar-refractivity contribution in [3.05, 3.63) is 105 Å². The lowest BCUT2D eigenvalue weighted by molar-refractivity contribution is -0.117. The molecule has 0 spiro atoms. The van der Waals surface area contributed by atoms with Gasteiger partial charge in [-0.15, -0.1) is 0 Å². The first-order chi connectivity index (χ1) is 14.5. The number of nitrogens with one attached hydrogen (secondary N) is 1. The molecule has 30 heavy (non-hydrogen) atoms. The van der Waals surface area contributed by atoms with Crippen LogP contribution in [-0.2, 0) is 17.9 Å². The van der Waals surface area contributed by atoms with E-state index in [0.29, 0.717) is 28.9 Å². The predicted molar refractivity (Wildman–Crippen MR) is 119 cm³/mol. The zero-order valence-corrected chi connectivity index (χ0v) is 17.5. The van der Waals surface area contributed by atoms with Gasteiger partial charge in [0.25, 0.3) is 5.91 Å². The lowest BCUT2D eigenvalue weighted by Crippen LogP contribution is -2.23. The highest BCUT2D eigenvalue weighted by molar-refractivity contribution is 6.35. The van der Waals surface area contributed by atoms with Gasteiger partial charge < -0.3 is 10.1 Å². The van der Waals surface area contributed by atoms with E-state index in [-0.39, 0.29) is 5.57 Å². The molecule has 0 aliphatic heterocycles. The Morgan fingerprint density at radius 1 is 1.03 bits per heavy atom. The van der Waals surface area contributed by atoms with Gasteiger partial charge in [-0.2, -0.15) is 5.26 Å². The summed E-state index contributed by atoms with van der Waals surface area (Å²) in [6.45, 7) is 0.662. The molecule has 0 atom stereocenters. The van der Waals surface area contributed by atoms with Crippen molar-refractivity contribution in [1.29, 1.82) is 5.26 Å². The van der Waals surface area contributed by atoms with E-state index in [1.165, 1.54) is 0 Å². The summed E-state index contributed by atoms with van der Waals surface area (Å²) in [4.78, 5) is 12.3. The predicted octanol–water partition coefficient (Wildman–Crippen LogP) is 5.80. The first kappa shape index (κ1) is 21.4. The van der Waals surface area contributed by atoms with Crippen LogP contribution in [0.2, 0.25) is 10.0 Å². The highest BCUT2D eigenvalue weighted by atomic mass is 35.5. The van der Waals surface area contributed by atoms with Crippen molar-refractivity contribution in [2.24, 2.45) is 0 Å². The summed E-state index contributed by atoms with van der Waals surface area (Å²) in [6.07, 6.45) is 1.54. The van der Waals surface area contributed by atoms with Crippen LogP contribution in [0.1, 0.15) is 16.7 Å². The maximum atomic E-state index is 12.3. The second-order valence-electron chi connectivity index (χ2n) is 6.43.